The zero-order valence-electron chi connectivity index (χ0n) is 10.7. The summed E-state index contributed by atoms with van der Waals surface area (Å²) >= 11 is 0. The maximum atomic E-state index is 10.9. The molecule has 0 heterocycles. The molecule has 0 saturated heterocycles. The van der Waals surface area contributed by atoms with E-state index in [-0.39, 0.29) is 30.2 Å². The zero-order chi connectivity index (χ0) is 15.0. The van der Waals surface area contributed by atoms with Gasteiger partial charge >= 0.3 is 5.97 Å². The lowest BCUT2D eigenvalue weighted by Crippen LogP contribution is -2.09. The number of carbonyl (C=O) groups is 1. The molecule has 20 heavy (non-hydrogen) atoms. The summed E-state index contributed by atoms with van der Waals surface area (Å²) in [5.74, 6) is -1.21. The number of aromatic carboxylic acids is 1. The largest absolute Gasteiger partial charge is 0.478 e. The van der Waals surface area contributed by atoms with Crippen molar-refractivity contribution in [2.75, 3.05) is 31.7 Å². The molecule has 8 nitrogen and oxygen atoms in total. The number of hydrogen-bond acceptors (Lipinski definition) is 6. The first kappa shape index (κ1) is 15.9. The van der Waals surface area contributed by atoms with E-state index in [9.17, 15) is 14.9 Å². The van der Waals surface area contributed by atoms with E-state index in [0.29, 0.717) is 19.6 Å². The Bertz CT molecular complexity index is 477. The Labute approximate surface area is 115 Å². The number of aliphatic hydroxyl groups is 1. The van der Waals surface area contributed by atoms with E-state index in [1.165, 1.54) is 12.1 Å². The lowest BCUT2D eigenvalue weighted by molar-refractivity contribution is -0.384. The van der Waals surface area contributed by atoms with Crippen LogP contribution in [0.5, 0.6) is 0 Å². The number of hydrogen-bond donors (Lipinski definition) is 3. The highest BCUT2D eigenvalue weighted by Gasteiger charge is 2.16. The smallest absolute Gasteiger partial charge is 0.335 e. The van der Waals surface area contributed by atoms with Crippen molar-refractivity contribution >= 4 is 17.3 Å². The van der Waals surface area contributed by atoms with Gasteiger partial charge in [0.1, 0.15) is 5.69 Å². The topological polar surface area (TPSA) is 122 Å². The predicted molar refractivity (Wildman–Crippen MR) is 71.1 cm³/mol. The minimum Gasteiger partial charge on any atom is -0.478 e. The number of nitro groups is 1. The quantitative estimate of drug-likeness (QED) is 0.352. The number of rotatable bonds is 9. The van der Waals surface area contributed by atoms with Crippen LogP contribution in [-0.4, -0.2) is 47.5 Å². The number of carboxylic acid groups (broad SMARTS) is 1. The number of nitrogens with zero attached hydrogens (tertiary/aromatic N) is 1. The maximum Gasteiger partial charge on any atom is 0.335 e. The van der Waals surface area contributed by atoms with Gasteiger partial charge in [-0.15, -0.1) is 0 Å². The van der Waals surface area contributed by atoms with Gasteiger partial charge < -0.3 is 20.3 Å². The highest BCUT2D eigenvalue weighted by Crippen LogP contribution is 2.25. The van der Waals surface area contributed by atoms with E-state index in [1.54, 1.807) is 0 Å². The van der Waals surface area contributed by atoms with Crippen LogP contribution >= 0.6 is 0 Å². The average molecular weight is 284 g/mol. The molecule has 1 aromatic rings. The zero-order valence-corrected chi connectivity index (χ0v) is 10.7. The average Bonchev–Trinajstić information content (AvgIpc) is 2.42. The van der Waals surface area contributed by atoms with Crippen LogP contribution < -0.4 is 5.32 Å². The molecule has 0 atom stereocenters. The van der Waals surface area contributed by atoms with Gasteiger partial charge in [-0.05, 0) is 18.6 Å². The number of nitrogens with one attached hydrogen (secondary N) is 1. The van der Waals surface area contributed by atoms with E-state index >= 15 is 0 Å². The molecule has 110 valence electrons. The normalized spacial score (nSPS) is 10.2. The summed E-state index contributed by atoms with van der Waals surface area (Å²) in [6.07, 6.45) is 0.609. The van der Waals surface area contributed by atoms with Gasteiger partial charge in [-0.3, -0.25) is 10.1 Å². The second-order valence-electron chi connectivity index (χ2n) is 3.91. The van der Waals surface area contributed by atoms with Crippen LogP contribution in [0, 0.1) is 10.1 Å². The van der Waals surface area contributed by atoms with Crippen molar-refractivity contribution < 1.29 is 24.7 Å². The van der Waals surface area contributed by atoms with Crippen molar-refractivity contribution in [2.24, 2.45) is 0 Å². The first-order chi connectivity index (χ1) is 9.56. The van der Waals surface area contributed by atoms with Crippen LogP contribution in [0.2, 0.25) is 0 Å². The van der Waals surface area contributed by atoms with E-state index in [1.807, 2.05) is 0 Å². The fourth-order valence-electron chi connectivity index (χ4n) is 1.53. The molecule has 0 saturated carbocycles. The van der Waals surface area contributed by atoms with Crippen LogP contribution in [0.25, 0.3) is 0 Å². The second-order valence-corrected chi connectivity index (χ2v) is 3.91. The van der Waals surface area contributed by atoms with Crippen LogP contribution in [0.1, 0.15) is 16.8 Å². The molecule has 0 aliphatic carbocycles. The highest BCUT2D eigenvalue weighted by molar-refractivity contribution is 5.89. The van der Waals surface area contributed by atoms with Crippen molar-refractivity contribution in [1.29, 1.82) is 0 Å². The molecular formula is C12H16N2O6. The van der Waals surface area contributed by atoms with Crippen LogP contribution in [-0.2, 0) is 4.74 Å². The first-order valence-electron chi connectivity index (χ1n) is 6.00. The van der Waals surface area contributed by atoms with Gasteiger partial charge in [0.25, 0.3) is 5.69 Å². The molecule has 0 aliphatic heterocycles. The fraction of sp³-hybridized carbons (Fsp3) is 0.417. The first-order valence-corrected chi connectivity index (χ1v) is 6.00. The minimum atomic E-state index is -1.21. The van der Waals surface area contributed by atoms with Gasteiger partial charge in [0.2, 0.25) is 0 Å². The Kier molecular flexibility index (Phi) is 6.41. The Balaban J connectivity index is 2.60. The van der Waals surface area contributed by atoms with Crippen molar-refractivity contribution in [2.45, 2.75) is 6.42 Å². The maximum absolute atomic E-state index is 10.9. The number of benzene rings is 1. The number of anilines is 1. The molecule has 0 spiro atoms. The Morgan fingerprint density at radius 3 is 2.75 bits per heavy atom. The Hall–Kier alpha value is -2.19. The third kappa shape index (κ3) is 4.82. The molecular weight excluding hydrogens is 268 g/mol. The summed E-state index contributed by atoms with van der Waals surface area (Å²) in [6.45, 7) is 1.08. The summed E-state index contributed by atoms with van der Waals surface area (Å²) in [7, 11) is 0. The van der Waals surface area contributed by atoms with Crippen LogP contribution in [0.3, 0.4) is 0 Å². The van der Waals surface area contributed by atoms with Gasteiger partial charge in [-0.25, -0.2) is 4.79 Å². The van der Waals surface area contributed by atoms with E-state index in [2.05, 4.69) is 5.32 Å². The molecule has 0 aromatic heterocycles. The van der Waals surface area contributed by atoms with Crippen molar-refractivity contribution in [3.8, 4) is 0 Å². The number of ether oxygens (including phenoxy) is 1. The lowest BCUT2D eigenvalue weighted by atomic mass is 10.1. The van der Waals surface area contributed by atoms with Gasteiger partial charge in [0, 0.05) is 19.2 Å². The third-order valence-corrected chi connectivity index (χ3v) is 2.46. The van der Waals surface area contributed by atoms with E-state index in [0.717, 1.165) is 6.07 Å². The molecule has 8 heteroatoms. The van der Waals surface area contributed by atoms with Gasteiger partial charge in [0.15, 0.2) is 0 Å². The second kappa shape index (κ2) is 8.08. The summed E-state index contributed by atoms with van der Waals surface area (Å²) in [6, 6.07) is 3.70. The number of nitro benzene ring substituents is 1. The van der Waals surface area contributed by atoms with Crippen molar-refractivity contribution in [3.05, 3.63) is 33.9 Å². The lowest BCUT2D eigenvalue weighted by Gasteiger charge is -2.08. The number of aliphatic hydroxyl groups excluding tert-OH is 1. The predicted octanol–water partition coefficient (Wildman–Crippen LogP) is 1.10. The van der Waals surface area contributed by atoms with E-state index < -0.39 is 10.9 Å². The molecule has 0 amide bonds. The number of carboxylic acids is 1. The molecule has 0 aliphatic rings. The highest BCUT2D eigenvalue weighted by atomic mass is 16.6. The molecule has 1 aromatic carbocycles. The minimum absolute atomic E-state index is 0.0461. The summed E-state index contributed by atoms with van der Waals surface area (Å²) in [5.41, 5.74) is -0.142. The third-order valence-electron chi connectivity index (χ3n) is 2.46. The summed E-state index contributed by atoms with van der Waals surface area (Å²) in [5, 5.41) is 31.1. The fourth-order valence-corrected chi connectivity index (χ4v) is 1.53. The Morgan fingerprint density at radius 2 is 2.15 bits per heavy atom. The van der Waals surface area contributed by atoms with Gasteiger partial charge in [0.05, 0.1) is 23.7 Å². The van der Waals surface area contributed by atoms with Gasteiger partial charge in [-0.2, -0.15) is 0 Å². The Morgan fingerprint density at radius 1 is 1.40 bits per heavy atom. The molecule has 3 N–H and O–H groups in total. The van der Waals surface area contributed by atoms with Crippen molar-refractivity contribution in [3.63, 3.8) is 0 Å². The molecule has 0 bridgehead atoms. The monoisotopic (exact) mass is 284 g/mol. The summed E-state index contributed by atoms with van der Waals surface area (Å²) < 4.78 is 5.05. The van der Waals surface area contributed by atoms with Crippen LogP contribution in [0.15, 0.2) is 18.2 Å². The van der Waals surface area contributed by atoms with E-state index in [4.69, 9.17) is 14.9 Å². The SMILES string of the molecule is O=C(O)c1ccc(NCCCOCCO)c([N+](=O)[O-])c1. The van der Waals surface area contributed by atoms with Crippen LogP contribution in [0.4, 0.5) is 11.4 Å². The standard InChI is InChI=1S/C12H16N2O6/c15-5-7-20-6-1-4-13-10-3-2-9(12(16)17)8-11(10)14(18)19/h2-3,8,13,15H,1,4-7H2,(H,16,17). The van der Waals surface area contributed by atoms with Crippen molar-refractivity contribution in [1.82, 2.24) is 0 Å². The molecule has 0 unspecified atom stereocenters. The molecule has 0 radical (unpaired) electrons. The molecule has 0 fully saturated rings. The summed E-state index contributed by atoms with van der Waals surface area (Å²) in [4.78, 5) is 21.0. The van der Waals surface area contributed by atoms with Gasteiger partial charge in [-0.1, -0.05) is 0 Å². The molecule has 1 rings (SSSR count).